The molecule has 0 saturated carbocycles. The predicted octanol–water partition coefficient (Wildman–Crippen LogP) is -0.141. The number of imidazole rings is 1. The molecule has 0 fully saturated rings. The lowest BCUT2D eigenvalue weighted by atomic mass is 10.0. The van der Waals surface area contributed by atoms with E-state index < -0.39 is 17.9 Å². The van der Waals surface area contributed by atoms with Crippen LogP contribution < -0.4 is 5.73 Å². The Hall–Kier alpha value is -1.77. The first kappa shape index (κ1) is 14.6. The van der Waals surface area contributed by atoms with Crippen LogP contribution in [0.15, 0.2) is 12.7 Å². The zero-order chi connectivity index (χ0) is 14.9. The summed E-state index contributed by atoms with van der Waals surface area (Å²) in [6.07, 6.45) is 1.55. The van der Waals surface area contributed by atoms with Crippen molar-refractivity contribution in [2.45, 2.75) is 38.2 Å². The number of aliphatic hydroxyl groups excluding tert-OH is 1. The smallest absolute Gasteiger partial charge is 0.170 e. The molecule has 1 unspecified atom stereocenters. The van der Waals surface area contributed by atoms with E-state index in [1.54, 1.807) is 0 Å². The van der Waals surface area contributed by atoms with Gasteiger partial charge in [0, 0.05) is 7.11 Å². The van der Waals surface area contributed by atoms with E-state index in [-0.39, 0.29) is 5.82 Å². The van der Waals surface area contributed by atoms with E-state index in [9.17, 15) is 10.2 Å². The highest BCUT2D eigenvalue weighted by molar-refractivity contribution is 5.81. The molecule has 8 heteroatoms. The molecule has 4 N–H and O–H groups in total. The van der Waals surface area contributed by atoms with Gasteiger partial charge in [0.1, 0.15) is 17.9 Å². The lowest BCUT2D eigenvalue weighted by Gasteiger charge is -2.34. The number of nitrogens with zero attached hydrogens (tertiary/aromatic N) is 4. The van der Waals surface area contributed by atoms with Gasteiger partial charge in [0.25, 0.3) is 0 Å². The van der Waals surface area contributed by atoms with Crippen molar-refractivity contribution < 1.29 is 14.9 Å². The summed E-state index contributed by atoms with van der Waals surface area (Å²) in [5, 5.41) is 21.0. The third kappa shape index (κ3) is 2.21. The molecule has 2 aromatic heterocycles. The third-order valence-corrected chi connectivity index (χ3v) is 3.47. The van der Waals surface area contributed by atoms with Crippen LogP contribution in [0.5, 0.6) is 0 Å². The number of fused-ring (bicyclic) bond motifs is 1. The highest BCUT2D eigenvalue weighted by Crippen LogP contribution is 2.27. The van der Waals surface area contributed by atoms with E-state index in [0.717, 1.165) is 0 Å². The van der Waals surface area contributed by atoms with Crippen LogP contribution >= 0.6 is 0 Å². The third-order valence-electron chi connectivity index (χ3n) is 3.47. The van der Waals surface area contributed by atoms with Gasteiger partial charge in [0.05, 0.1) is 12.4 Å². The fourth-order valence-electron chi connectivity index (χ4n) is 2.20. The van der Waals surface area contributed by atoms with Gasteiger partial charge in [-0.15, -0.1) is 0 Å². The van der Waals surface area contributed by atoms with Crippen LogP contribution in [0.3, 0.4) is 0 Å². The average molecular weight is 281 g/mol. The van der Waals surface area contributed by atoms with Crippen molar-refractivity contribution in [3.8, 4) is 0 Å². The summed E-state index contributed by atoms with van der Waals surface area (Å²) < 4.78 is 6.55. The maximum atomic E-state index is 10.7. The number of nitrogen functional groups attached to an aromatic ring is 1. The van der Waals surface area contributed by atoms with Gasteiger partial charge >= 0.3 is 0 Å². The Morgan fingerprint density at radius 3 is 2.75 bits per heavy atom. The first-order valence-electron chi connectivity index (χ1n) is 6.30. The summed E-state index contributed by atoms with van der Waals surface area (Å²) in [6.45, 7) is 3.33. The van der Waals surface area contributed by atoms with Gasteiger partial charge in [0.2, 0.25) is 0 Å². The molecule has 3 atom stereocenters. The number of nitrogens with two attached hydrogens (primary N) is 1. The van der Waals surface area contributed by atoms with Crippen molar-refractivity contribution in [3.05, 3.63) is 12.7 Å². The lowest BCUT2D eigenvalue weighted by Crippen LogP contribution is -2.49. The Kier molecular flexibility index (Phi) is 3.89. The lowest BCUT2D eigenvalue weighted by molar-refractivity contribution is -0.167. The van der Waals surface area contributed by atoms with E-state index in [1.165, 1.54) is 31.3 Å². The number of rotatable bonds is 5. The molecule has 2 rings (SSSR count). The SMILES string of the molecule is CCC(OC)[C@@H](O)[C@@](C)(O)n1cnc2c(N)ncnc21. The molecule has 0 aliphatic carbocycles. The molecule has 0 radical (unpaired) electrons. The molecule has 8 nitrogen and oxygen atoms in total. The minimum Gasteiger partial charge on any atom is -0.385 e. The standard InChI is InChI=1S/C12H19N5O3/c1-4-7(20-3)9(18)12(2,19)17-6-16-8-10(13)14-5-15-11(8)17/h5-7,9,18-19H,4H2,1-3H3,(H2,13,14,15)/t7?,9-,12-/m1/s1. The number of methoxy groups -OCH3 is 1. The molecular formula is C12H19N5O3. The first-order valence-corrected chi connectivity index (χ1v) is 6.30. The quantitative estimate of drug-likeness (QED) is 0.697. The van der Waals surface area contributed by atoms with Crippen molar-refractivity contribution >= 4 is 17.0 Å². The summed E-state index contributed by atoms with van der Waals surface area (Å²) in [6, 6.07) is 0. The zero-order valence-electron chi connectivity index (χ0n) is 11.7. The maximum absolute atomic E-state index is 10.7. The Labute approximate surface area is 116 Å². The highest BCUT2D eigenvalue weighted by Gasteiger charge is 2.39. The monoisotopic (exact) mass is 281 g/mol. The number of ether oxygens (including phenoxy) is 1. The molecule has 0 aliphatic rings. The second kappa shape index (κ2) is 5.31. The van der Waals surface area contributed by atoms with Crippen molar-refractivity contribution in [1.82, 2.24) is 19.5 Å². The summed E-state index contributed by atoms with van der Waals surface area (Å²) >= 11 is 0. The van der Waals surface area contributed by atoms with Crippen LogP contribution in [0, 0.1) is 0 Å². The van der Waals surface area contributed by atoms with E-state index in [1.807, 2.05) is 6.92 Å². The molecule has 2 aromatic rings. The van der Waals surface area contributed by atoms with Gasteiger partial charge in [-0.3, -0.25) is 4.57 Å². The second-order valence-corrected chi connectivity index (χ2v) is 4.77. The molecule has 0 spiro atoms. The molecule has 110 valence electrons. The second-order valence-electron chi connectivity index (χ2n) is 4.77. The molecule has 0 saturated heterocycles. The summed E-state index contributed by atoms with van der Waals surface area (Å²) in [5.41, 5.74) is 4.81. The van der Waals surface area contributed by atoms with Crippen LogP contribution in [0.1, 0.15) is 20.3 Å². The number of aromatic nitrogens is 4. The van der Waals surface area contributed by atoms with Crippen LogP contribution in [0.25, 0.3) is 11.2 Å². The summed E-state index contributed by atoms with van der Waals surface area (Å²) in [4.78, 5) is 12.0. The van der Waals surface area contributed by atoms with Gasteiger partial charge < -0.3 is 20.7 Å². The summed E-state index contributed by atoms with van der Waals surface area (Å²) in [5.74, 6) is 0.220. The molecule has 2 heterocycles. The van der Waals surface area contributed by atoms with Gasteiger partial charge in [-0.1, -0.05) is 6.92 Å². The minimum atomic E-state index is -1.63. The van der Waals surface area contributed by atoms with Crippen molar-refractivity contribution in [1.29, 1.82) is 0 Å². The first-order chi connectivity index (χ1) is 9.43. The molecule has 0 aliphatic heterocycles. The Bertz CT molecular complexity index is 594. The molecule has 0 bridgehead atoms. The van der Waals surface area contributed by atoms with Gasteiger partial charge in [-0.05, 0) is 13.3 Å². The summed E-state index contributed by atoms with van der Waals surface area (Å²) in [7, 11) is 1.49. The van der Waals surface area contributed by atoms with Crippen LogP contribution in [-0.2, 0) is 10.5 Å². The fraction of sp³-hybridized carbons (Fsp3) is 0.583. The van der Waals surface area contributed by atoms with Gasteiger partial charge in [-0.2, -0.15) is 0 Å². The fourth-order valence-corrected chi connectivity index (χ4v) is 2.20. The number of hydrogen-bond donors (Lipinski definition) is 3. The molecule has 0 aromatic carbocycles. The predicted molar refractivity (Wildman–Crippen MR) is 72.7 cm³/mol. The van der Waals surface area contributed by atoms with E-state index in [4.69, 9.17) is 10.5 Å². The van der Waals surface area contributed by atoms with Crippen LogP contribution in [-0.4, -0.2) is 49.0 Å². The Morgan fingerprint density at radius 2 is 2.15 bits per heavy atom. The van der Waals surface area contributed by atoms with Crippen molar-refractivity contribution in [3.63, 3.8) is 0 Å². The number of aliphatic hydroxyl groups is 2. The maximum Gasteiger partial charge on any atom is 0.170 e. The molecule has 20 heavy (non-hydrogen) atoms. The normalized spacial score (nSPS) is 17.9. The number of hydrogen-bond acceptors (Lipinski definition) is 7. The van der Waals surface area contributed by atoms with Crippen LogP contribution in [0.2, 0.25) is 0 Å². The van der Waals surface area contributed by atoms with E-state index >= 15 is 0 Å². The van der Waals surface area contributed by atoms with E-state index in [0.29, 0.717) is 17.6 Å². The zero-order valence-corrected chi connectivity index (χ0v) is 11.7. The topological polar surface area (TPSA) is 119 Å². The Morgan fingerprint density at radius 1 is 1.45 bits per heavy atom. The van der Waals surface area contributed by atoms with Gasteiger partial charge in [0.15, 0.2) is 17.2 Å². The van der Waals surface area contributed by atoms with Crippen molar-refractivity contribution in [2.75, 3.05) is 12.8 Å². The van der Waals surface area contributed by atoms with Gasteiger partial charge in [-0.25, -0.2) is 15.0 Å². The largest absolute Gasteiger partial charge is 0.385 e. The average Bonchev–Trinajstić information content (AvgIpc) is 2.86. The van der Waals surface area contributed by atoms with Crippen molar-refractivity contribution in [2.24, 2.45) is 0 Å². The van der Waals surface area contributed by atoms with E-state index in [2.05, 4.69) is 15.0 Å². The molecular weight excluding hydrogens is 262 g/mol. The Balaban J connectivity index is 2.49. The minimum absolute atomic E-state index is 0.220. The highest BCUT2D eigenvalue weighted by atomic mass is 16.5. The van der Waals surface area contributed by atoms with Crippen LogP contribution in [0.4, 0.5) is 5.82 Å². The molecule has 0 amide bonds. The number of anilines is 1.